The van der Waals surface area contributed by atoms with Crippen molar-refractivity contribution in [2.24, 2.45) is 0 Å². The van der Waals surface area contributed by atoms with Gasteiger partial charge in [0, 0.05) is 24.2 Å². The first-order chi connectivity index (χ1) is 7.66. The quantitative estimate of drug-likeness (QED) is 0.695. The Labute approximate surface area is 96.3 Å². The van der Waals surface area contributed by atoms with Gasteiger partial charge in [-0.1, -0.05) is 6.58 Å². The number of carboxylic acids is 1. The van der Waals surface area contributed by atoms with Crippen LogP contribution in [-0.2, 0) is 4.79 Å². The zero-order chi connectivity index (χ0) is 11.5. The molecule has 0 aromatic carbocycles. The SMILES string of the molecule is C=C(CNC1CCN2CCCC2C1)C(=O)O. The molecule has 0 bridgehead atoms. The number of piperidine rings is 1. The smallest absolute Gasteiger partial charge is 0.332 e. The molecule has 2 rings (SSSR count). The van der Waals surface area contributed by atoms with Crippen LogP contribution in [0.15, 0.2) is 12.2 Å². The molecule has 0 aromatic rings. The fraction of sp³-hybridized carbons (Fsp3) is 0.750. The van der Waals surface area contributed by atoms with E-state index in [1.54, 1.807) is 0 Å². The molecule has 2 heterocycles. The average molecular weight is 224 g/mol. The number of nitrogens with zero attached hydrogens (tertiary/aromatic N) is 1. The Morgan fingerprint density at radius 3 is 3.00 bits per heavy atom. The Hall–Kier alpha value is -0.870. The Kier molecular flexibility index (Phi) is 3.61. The molecule has 0 spiro atoms. The third-order valence-corrected chi connectivity index (χ3v) is 3.73. The summed E-state index contributed by atoms with van der Waals surface area (Å²) in [5, 5.41) is 12.0. The highest BCUT2D eigenvalue weighted by molar-refractivity contribution is 5.86. The van der Waals surface area contributed by atoms with Gasteiger partial charge in [-0.05, 0) is 38.8 Å². The zero-order valence-electron chi connectivity index (χ0n) is 9.61. The minimum atomic E-state index is -0.897. The van der Waals surface area contributed by atoms with Gasteiger partial charge in [-0.2, -0.15) is 0 Å². The van der Waals surface area contributed by atoms with Crippen LogP contribution in [0.3, 0.4) is 0 Å². The molecule has 0 radical (unpaired) electrons. The van der Waals surface area contributed by atoms with E-state index in [9.17, 15) is 4.79 Å². The molecule has 0 aromatic heterocycles. The number of carbonyl (C=O) groups is 1. The Bertz CT molecular complexity index is 291. The molecule has 90 valence electrons. The summed E-state index contributed by atoms with van der Waals surface area (Å²) in [6.07, 6.45) is 4.91. The van der Waals surface area contributed by atoms with Gasteiger partial charge in [-0.15, -0.1) is 0 Å². The fourth-order valence-corrected chi connectivity index (χ4v) is 2.75. The molecule has 4 nitrogen and oxygen atoms in total. The van der Waals surface area contributed by atoms with Crippen LogP contribution < -0.4 is 5.32 Å². The standard InChI is InChI=1S/C12H20N2O2/c1-9(12(15)16)8-13-10-4-6-14-5-2-3-11(14)7-10/h10-11,13H,1-8H2,(H,15,16). The molecule has 0 aliphatic carbocycles. The van der Waals surface area contributed by atoms with Gasteiger partial charge in [0.25, 0.3) is 0 Å². The molecule has 2 unspecified atom stereocenters. The molecular weight excluding hydrogens is 204 g/mol. The van der Waals surface area contributed by atoms with Crippen molar-refractivity contribution in [2.75, 3.05) is 19.6 Å². The first kappa shape index (κ1) is 11.6. The minimum Gasteiger partial charge on any atom is -0.478 e. The lowest BCUT2D eigenvalue weighted by Gasteiger charge is -2.35. The van der Waals surface area contributed by atoms with Crippen LogP contribution in [0.1, 0.15) is 25.7 Å². The Balaban J connectivity index is 1.75. The Morgan fingerprint density at radius 2 is 2.25 bits per heavy atom. The summed E-state index contributed by atoms with van der Waals surface area (Å²) in [7, 11) is 0. The number of carboxylic acid groups (broad SMARTS) is 1. The van der Waals surface area contributed by atoms with Crippen LogP contribution in [0.25, 0.3) is 0 Å². The summed E-state index contributed by atoms with van der Waals surface area (Å²) in [4.78, 5) is 13.2. The van der Waals surface area contributed by atoms with Gasteiger partial charge in [-0.25, -0.2) is 4.79 Å². The van der Waals surface area contributed by atoms with E-state index < -0.39 is 5.97 Å². The molecule has 4 heteroatoms. The van der Waals surface area contributed by atoms with Crippen LogP contribution in [0, 0.1) is 0 Å². The first-order valence-corrected chi connectivity index (χ1v) is 6.05. The van der Waals surface area contributed by atoms with Gasteiger partial charge in [0.05, 0.1) is 0 Å². The van der Waals surface area contributed by atoms with Gasteiger partial charge in [0.2, 0.25) is 0 Å². The van der Waals surface area contributed by atoms with Crippen molar-refractivity contribution in [3.8, 4) is 0 Å². The number of hydrogen-bond donors (Lipinski definition) is 2. The molecular formula is C12H20N2O2. The maximum atomic E-state index is 10.6. The van der Waals surface area contributed by atoms with Crippen LogP contribution in [0.5, 0.6) is 0 Å². The highest BCUT2D eigenvalue weighted by Gasteiger charge is 2.31. The van der Waals surface area contributed by atoms with Crippen molar-refractivity contribution >= 4 is 5.97 Å². The van der Waals surface area contributed by atoms with Gasteiger partial charge >= 0.3 is 5.97 Å². The van der Waals surface area contributed by atoms with Crippen molar-refractivity contribution in [2.45, 2.75) is 37.8 Å². The molecule has 16 heavy (non-hydrogen) atoms. The minimum absolute atomic E-state index is 0.258. The molecule has 0 saturated carbocycles. The number of nitrogens with one attached hydrogen (secondary N) is 1. The molecule has 2 aliphatic rings. The predicted octanol–water partition coefficient (Wildman–Crippen LogP) is 0.844. The van der Waals surface area contributed by atoms with Crippen LogP contribution in [0.4, 0.5) is 0 Å². The monoisotopic (exact) mass is 224 g/mol. The summed E-state index contributed by atoms with van der Waals surface area (Å²) >= 11 is 0. The van der Waals surface area contributed by atoms with Crippen molar-refractivity contribution in [1.82, 2.24) is 10.2 Å². The largest absolute Gasteiger partial charge is 0.478 e. The summed E-state index contributed by atoms with van der Waals surface area (Å²) in [5.41, 5.74) is 0.258. The van der Waals surface area contributed by atoms with E-state index in [0.717, 1.165) is 25.4 Å². The third kappa shape index (κ3) is 2.62. The van der Waals surface area contributed by atoms with Gasteiger partial charge in [-0.3, -0.25) is 0 Å². The molecule has 2 saturated heterocycles. The highest BCUT2D eigenvalue weighted by atomic mass is 16.4. The normalized spacial score (nSPS) is 30.0. The lowest BCUT2D eigenvalue weighted by atomic mass is 9.97. The van der Waals surface area contributed by atoms with Crippen LogP contribution in [0.2, 0.25) is 0 Å². The van der Waals surface area contributed by atoms with Crippen LogP contribution in [-0.4, -0.2) is 47.7 Å². The van der Waals surface area contributed by atoms with Gasteiger partial charge in [0.15, 0.2) is 0 Å². The van der Waals surface area contributed by atoms with Crippen molar-refractivity contribution in [3.63, 3.8) is 0 Å². The van der Waals surface area contributed by atoms with Crippen molar-refractivity contribution in [3.05, 3.63) is 12.2 Å². The second kappa shape index (κ2) is 4.97. The maximum Gasteiger partial charge on any atom is 0.332 e. The summed E-state index contributed by atoms with van der Waals surface area (Å²) in [5.74, 6) is -0.897. The van der Waals surface area contributed by atoms with E-state index in [1.165, 1.54) is 19.4 Å². The summed E-state index contributed by atoms with van der Waals surface area (Å²) in [6, 6.07) is 1.19. The summed E-state index contributed by atoms with van der Waals surface area (Å²) in [6.45, 7) is 6.35. The predicted molar refractivity (Wildman–Crippen MR) is 62.4 cm³/mol. The number of fused-ring (bicyclic) bond motifs is 1. The summed E-state index contributed by atoms with van der Waals surface area (Å²) < 4.78 is 0. The number of hydrogen-bond acceptors (Lipinski definition) is 3. The van der Waals surface area contributed by atoms with Crippen molar-refractivity contribution < 1.29 is 9.90 Å². The lowest BCUT2D eigenvalue weighted by molar-refractivity contribution is -0.132. The van der Waals surface area contributed by atoms with E-state index in [4.69, 9.17) is 5.11 Å². The maximum absolute atomic E-state index is 10.6. The van der Waals surface area contributed by atoms with E-state index in [1.807, 2.05) is 0 Å². The van der Waals surface area contributed by atoms with E-state index in [2.05, 4.69) is 16.8 Å². The van der Waals surface area contributed by atoms with Gasteiger partial charge in [0.1, 0.15) is 0 Å². The van der Waals surface area contributed by atoms with Crippen molar-refractivity contribution in [1.29, 1.82) is 0 Å². The van der Waals surface area contributed by atoms with E-state index in [0.29, 0.717) is 12.6 Å². The third-order valence-electron chi connectivity index (χ3n) is 3.73. The second-order valence-electron chi connectivity index (χ2n) is 4.84. The topological polar surface area (TPSA) is 52.6 Å². The molecule has 0 amide bonds. The molecule has 2 fully saturated rings. The molecule has 2 N–H and O–H groups in total. The van der Waals surface area contributed by atoms with Crippen LogP contribution >= 0.6 is 0 Å². The lowest BCUT2D eigenvalue weighted by Crippen LogP contribution is -2.46. The molecule has 2 aliphatic heterocycles. The highest BCUT2D eigenvalue weighted by Crippen LogP contribution is 2.26. The number of aliphatic carboxylic acids is 1. The average Bonchev–Trinajstić information content (AvgIpc) is 2.72. The fourth-order valence-electron chi connectivity index (χ4n) is 2.75. The first-order valence-electron chi connectivity index (χ1n) is 6.05. The number of rotatable bonds is 4. The van der Waals surface area contributed by atoms with E-state index in [-0.39, 0.29) is 5.57 Å². The Morgan fingerprint density at radius 1 is 1.44 bits per heavy atom. The molecule has 2 atom stereocenters. The second-order valence-corrected chi connectivity index (χ2v) is 4.84. The van der Waals surface area contributed by atoms with Gasteiger partial charge < -0.3 is 15.3 Å². The zero-order valence-corrected chi connectivity index (χ0v) is 9.61. The van der Waals surface area contributed by atoms with E-state index >= 15 is 0 Å².